The van der Waals surface area contributed by atoms with E-state index in [9.17, 15) is 4.39 Å². The van der Waals surface area contributed by atoms with Crippen LogP contribution in [0.4, 0.5) is 10.2 Å². The summed E-state index contributed by atoms with van der Waals surface area (Å²) < 4.78 is 14.4. The zero-order valence-corrected chi connectivity index (χ0v) is 16.8. The van der Waals surface area contributed by atoms with E-state index in [2.05, 4.69) is 46.3 Å². The van der Waals surface area contributed by atoms with Crippen LogP contribution in [0.3, 0.4) is 0 Å². The molecule has 5 heteroatoms. The minimum atomic E-state index is -0.296. The van der Waals surface area contributed by atoms with Crippen LogP contribution in [0, 0.1) is 5.82 Å². The maximum Gasteiger partial charge on any atom is 0.165 e. The molecule has 4 nitrogen and oxygen atoms in total. The highest BCUT2D eigenvalue weighted by atomic mass is 19.1. The number of para-hydroxylation sites is 1. The summed E-state index contributed by atoms with van der Waals surface area (Å²) in [6.45, 7) is 4.96. The number of nitrogens with one attached hydrogen (secondary N) is 1. The molecule has 0 unspecified atom stereocenters. The predicted molar refractivity (Wildman–Crippen MR) is 118 cm³/mol. The Morgan fingerprint density at radius 3 is 2.30 bits per heavy atom. The number of hydrogen-bond acceptors (Lipinski definition) is 3. The zero-order chi connectivity index (χ0) is 20.3. The van der Waals surface area contributed by atoms with E-state index in [1.54, 1.807) is 17.0 Å². The van der Waals surface area contributed by atoms with E-state index in [4.69, 9.17) is 4.98 Å². The Bertz CT molecular complexity index is 1150. The Hall–Kier alpha value is -3.31. The molecule has 0 bridgehead atoms. The minimum absolute atomic E-state index is 0.296. The SMILES string of the molecule is Fc1ccccc1-c1nc(N2CC[NH+](Cc3ccccc3)CC2)c2ccccc2n1. The van der Waals surface area contributed by atoms with Crippen LogP contribution in [0.1, 0.15) is 5.56 Å². The second-order valence-electron chi connectivity index (χ2n) is 7.77. The lowest BCUT2D eigenvalue weighted by molar-refractivity contribution is -0.914. The van der Waals surface area contributed by atoms with Crippen molar-refractivity contribution in [3.05, 3.63) is 90.2 Å². The molecule has 0 atom stereocenters. The first kappa shape index (κ1) is 18.7. The van der Waals surface area contributed by atoms with E-state index in [0.717, 1.165) is 49.4 Å². The topological polar surface area (TPSA) is 33.5 Å². The second-order valence-corrected chi connectivity index (χ2v) is 7.77. The Morgan fingerprint density at radius 1 is 0.800 bits per heavy atom. The van der Waals surface area contributed by atoms with Gasteiger partial charge < -0.3 is 9.80 Å². The summed E-state index contributed by atoms with van der Waals surface area (Å²) in [7, 11) is 0. The number of nitrogens with zero attached hydrogens (tertiary/aromatic N) is 3. The van der Waals surface area contributed by atoms with Crippen molar-refractivity contribution in [1.82, 2.24) is 9.97 Å². The zero-order valence-electron chi connectivity index (χ0n) is 16.8. The number of benzene rings is 3. The molecule has 3 aromatic carbocycles. The van der Waals surface area contributed by atoms with Crippen molar-refractivity contribution in [2.45, 2.75) is 6.54 Å². The van der Waals surface area contributed by atoms with Gasteiger partial charge in [-0.1, -0.05) is 54.6 Å². The fourth-order valence-corrected chi connectivity index (χ4v) is 4.16. The van der Waals surface area contributed by atoms with Gasteiger partial charge in [0.25, 0.3) is 0 Å². The predicted octanol–water partition coefficient (Wildman–Crippen LogP) is 3.34. The number of quaternary nitrogens is 1. The Balaban J connectivity index is 1.43. The number of hydrogen-bond donors (Lipinski definition) is 1. The van der Waals surface area contributed by atoms with Crippen LogP contribution in [0.15, 0.2) is 78.9 Å². The van der Waals surface area contributed by atoms with Crippen molar-refractivity contribution in [1.29, 1.82) is 0 Å². The molecule has 0 spiro atoms. The summed E-state index contributed by atoms with van der Waals surface area (Å²) >= 11 is 0. The van der Waals surface area contributed by atoms with E-state index < -0.39 is 0 Å². The van der Waals surface area contributed by atoms with Gasteiger partial charge in [-0.3, -0.25) is 0 Å². The van der Waals surface area contributed by atoms with Gasteiger partial charge >= 0.3 is 0 Å². The molecule has 1 N–H and O–H groups in total. The lowest BCUT2D eigenvalue weighted by Crippen LogP contribution is -3.13. The standard InChI is InChI=1S/C25H23FN4/c26-22-12-6-4-10-20(22)24-27-23-13-7-5-11-21(23)25(28-24)30-16-14-29(15-17-30)18-19-8-2-1-3-9-19/h1-13H,14-18H2/p+1. The first-order valence-electron chi connectivity index (χ1n) is 10.4. The molecule has 5 rings (SSSR count). The average molecular weight is 399 g/mol. The Labute approximate surface area is 175 Å². The molecule has 2 heterocycles. The van der Waals surface area contributed by atoms with Gasteiger partial charge in [-0.2, -0.15) is 0 Å². The molecule has 0 aliphatic carbocycles. The molecule has 0 radical (unpaired) electrons. The minimum Gasteiger partial charge on any atom is -0.345 e. The van der Waals surface area contributed by atoms with Crippen molar-refractivity contribution < 1.29 is 9.29 Å². The van der Waals surface area contributed by atoms with E-state index in [1.807, 2.05) is 24.3 Å². The van der Waals surface area contributed by atoms with E-state index >= 15 is 0 Å². The number of halogens is 1. The number of aromatic nitrogens is 2. The molecule has 1 fully saturated rings. The molecule has 150 valence electrons. The van der Waals surface area contributed by atoms with Crippen molar-refractivity contribution in [3.8, 4) is 11.4 Å². The maximum atomic E-state index is 14.4. The molecule has 30 heavy (non-hydrogen) atoms. The van der Waals surface area contributed by atoms with Gasteiger partial charge in [-0.15, -0.1) is 0 Å². The maximum absolute atomic E-state index is 14.4. The summed E-state index contributed by atoms with van der Waals surface area (Å²) in [5.74, 6) is 1.05. The van der Waals surface area contributed by atoms with Crippen LogP contribution < -0.4 is 9.80 Å². The molecule has 0 saturated carbocycles. The van der Waals surface area contributed by atoms with Gasteiger partial charge in [0.2, 0.25) is 0 Å². The van der Waals surface area contributed by atoms with Crippen LogP contribution >= 0.6 is 0 Å². The molecule has 1 aliphatic rings. The highest BCUT2D eigenvalue weighted by molar-refractivity contribution is 5.91. The molecule has 0 amide bonds. The van der Waals surface area contributed by atoms with Crippen molar-refractivity contribution in [2.75, 3.05) is 31.1 Å². The van der Waals surface area contributed by atoms with Crippen molar-refractivity contribution in [3.63, 3.8) is 0 Å². The van der Waals surface area contributed by atoms with Crippen LogP contribution in [0.25, 0.3) is 22.3 Å². The molecule has 1 saturated heterocycles. The largest absolute Gasteiger partial charge is 0.345 e. The highest BCUT2D eigenvalue weighted by Gasteiger charge is 2.24. The van der Waals surface area contributed by atoms with Crippen LogP contribution in [-0.2, 0) is 6.54 Å². The van der Waals surface area contributed by atoms with Crippen LogP contribution in [0.2, 0.25) is 0 Å². The number of rotatable bonds is 4. The molecule has 4 aromatic rings. The van der Waals surface area contributed by atoms with Crippen LogP contribution in [-0.4, -0.2) is 36.1 Å². The highest BCUT2D eigenvalue weighted by Crippen LogP contribution is 2.28. The molecule has 1 aliphatic heterocycles. The smallest absolute Gasteiger partial charge is 0.165 e. The van der Waals surface area contributed by atoms with E-state index in [1.165, 1.54) is 11.6 Å². The van der Waals surface area contributed by atoms with Crippen molar-refractivity contribution in [2.24, 2.45) is 0 Å². The van der Waals surface area contributed by atoms with Gasteiger partial charge in [-0.25, -0.2) is 14.4 Å². The van der Waals surface area contributed by atoms with E-state index in [-0.39, 0.29) is 5.82 Å². The Kier molecular flexibility index (Phi) is 5.11. The number of piperazine rings is 1. The molecule has 1 aromatic heterocycles. The third-order valence-corrected chi connectivity index (χ3v) is 5.76. The van der Waals surface area contributed by atoms with Crippen LogP contribution in [0.5, 0.6) is 0 Å². The van der Waals surface area contributed by atoms with Gasteiger partial charge in [0.05, 0.1) is 37.3 Å². The fraction of sp³-hybridized carbons (Fsp3) is 0.200. The van der Waals surface area contributed by atoms with Gasteiger partial charge in [0.15, 0.2) is 5.82 Å². The Morgan fingerprint density at radius 2 is 1.50 bits per heavy atom. The van der Waals surface area contributed by atoms with Gasteiger partial charge in [0, 0.05) is 10.9 Å². The number of anilines is 1. The fourth-order valence-electron chi connectivity index (χ4n) is 4.16. The molecular formula is C25H24FN4+. The molecular weight excluding hydrogens is 375 g/mol. The summed E-state index contributed by atoms with van der Waals surface area (Å²) in [5.41, 5.74) is 2.66. The summed E-state index contributed by atoms with van der Waals surface area (Å²) in [6, 6.07) is 25.4. The van der Waals surface area contributed by atoms with Gasteiger partial charge in [0.1, 0.15) is 18.2 Å². The quantitative estimate of drug-likeness (QED) is 0.572. The monoisotopic (exact) mass is 399 g/mol. The second kappa shape index (κ2) is 8.20. The average Bonchev–Trinajstić information content (AvgIpc) is 2.80. The lowest BCUT2D eigenvalue weighted by atomic mass is 10.1. The van der Waals surface area contributed by atoms with Gasteiger partial charge in [-0.05, 0) is 24.3 Å². The third kappa shape index (κ3) is 3.76. The summed E-state index contributed by atoms with van der Waals surface area (Å²) in [5, 5.41) is 1.02. The number of fused-ring (bicyclic) bond motifs is 1. The van der Waals surface area contributed by atoms with E-state index in [0.29, 0.717) is 11.4 Å². The summed E-state index contributed by atoms with van der Waals surface area (Å²) in [4.78, 5) is 13.4. The third-order valence-electron chi connectivity index (χ3n) is 5.76. The summed E-state index contributed by atoms with van der Waals surface area (Å²) in [6.07, 6.45) is 0. The normalized spacial score (nSPS) is 14.9. The van der Waals surface area contributed by atoms with Crippen molar-refractivity contribution >= 4 is 16.7 Å². The first-order valence-corrected chi connectivity index (χ1v) is 10.4. The first-order chi connectivity index (χ1) is 14.8. The lowest BCUT2D eigenvalue weighted by Gasteiger charge is -2.33.